The topological polar surface area (TPSA) is 98.2 Å². The minimum Gasteiger partial charge on any atom is -0.438 e. The Kier molecular flexibility index (Phi) is 3.98. The van der Waals surface area contributed by atoms with Gasteiger partial charge in [-0.15, -0.1) is 0 Å². The van der Waals surface area contributed by atoms with Gasteiger partial charge < -0.3 is 13.8 Å². The predicted octanol–water partition coefficient (Wildman–Crippen LogP) is 2.53. The van der Waals surface area contributed by atoms with Crippen LogP contribution >= 0.6 is 0 Å². The van der Waals surface area contributed by atoms with Gasteiger partial charge in [0, 0.05) is 24.5 Å². The quantitative estimate of drug-likeness (QED) is 0.710. The van der Waals surface area contributed by atoms with Crippen LogP contribution in [0.2, 0.25) is 0 Å². The molecule has 26 heavy (non-hydrogen) atoms. The van der Waals surface area contributed by atoms with E-state index in [1.165, 1.54) is 11.3 Å². The van der Waals surface area contributed by atoms with E-state index in [9.17, 15) is 4.79 Å². The minimum atomic E-state index is -1.91. The van der Waals surface area contributed by atoms with E-state index >= 15 is 4.39 Å². The number of pyridine rings is 1. The monoisotopic (exact) mass is 357 g/mol. The molecule has 3 aromatic heterocycles. The van der Waals surface area contributed by atoms with E-state index in [-0.39, 0.29) is 30.4 Å². The minimum absolute atomic E-state index is 0.121. The molecule has 4 heterocycles. The lowest BCUT2D eigenvalue weighted by Crippen LogP contribution is -2.46. The van der Waals surface area contributed by atoms with Crippen molar-refractivity contribution in [3.8, 4) is 11.4 Å². The number of amides is 1. The molecule has 0 bridgehead atoms. The lowest BCUT2D eigenvalue weighted by atomic mass is 9.94. The second-order valence-electron chi connectivity index (χ2n) is 6.23. The highest BCUT2D eigenvalue weighted by atomic mass is 19.1. The van der Waals surface area contributed by atoms with Gasteiger partial charge in [-0.3, -0.25) is 9.78 Å². The van der Waals surface area contributed by atoms with E-state index in [1.54, 1.807) is 31.5 Å². The molecule has 1 aliphatic rings. The molecular weight excluding hydrogens is 341 g/mol. The van der Waals surface area contributed by atoms with Gasteiger partial charge in [-0.25, -0.2) is 9.37 Å². The number of likely N-dealkylation sites (tertiary alicyclic amines) is 1. The van der Waals surface area contributed by atoms with Crippen molar-refractivity contribution in [2.24, 2.45) is 0 Å². The number of aromatic nitrogens is 4. The van der Waals surface area contributed by atoms with Crippen LogP contribution in [0.5, 0.6) is 0 Å². The number of piperidine rings is 1. The molecule has 4 rings (SSSR count). The first kappa shape index (κ1) is 16.4. The van der Waals surface area contributed by atoms with E-state index in [2.05, 4.69) is 20.1 Å². The van der Waals surface area contributed by atoms with E-state index in [1.807, 2.05) is 0 Å². The summed E-state index contributed by atoms with van der Waals surface area (Å²) in [5.74, 6) is -0.146. The Balaban J connectivity index is 1.57. The third-order valence-electron chi connectivity index (χ3n) is 4.40. The molecular formula is C17H16FN5O3. The molecule has 9 heteroatoms. The molecule has 0 saturated carbocycles. The number of hydrogen-bond donors (Lipinski definition) is 0. The highest BCUT2D eigenvalue weighted by Gasteiger charge is 2.44. The summed E-state index contributed by atoms with van der Waals surface area (Å²) in [5.41, 5.74) is -0.802. The Bertz CT molecular complexity index is 925. The van der Waals surface area contributed by atoms with Gasteiger partial charge in [-0.2, -0.15) is 4.98 Å². The second-order valence-corrected chi connectivity index (χ2v) is 6.23. The van der Waals surface area contributed by atoms with Gasteiger partial charge in [0.2, 0.25) is 17.3 Å². The number of alkyl halides is 1. The fourth-order valence-electron chi connectivity index (χ4n) is 3.03. The maximum atomic E-state index is 15.5. The molecule has 3 aromatic rings. The zero-order valence-electron chi connectivity index (χ0n) is 14.1. The molecule has 1 aliphatic heterocycles. The summed E-state index contributed by atoms with van der Waals surface area (Å²) < 4.78 is 25.8. The Morgan fingerprint density at radius 3 is 3.04 bits per heavy atom. The third kappa shape index (κ3) is 2.85. The predicted molar refractivity (Wildman–Crippen MR) is 86.7 cm³/mol. The first-order valence-electron chi connectivity index (χ1n) is 8.20. The zero-order valence-corrected chi connectivity index (χ0v) is 14.1. The van der Waals surface area contributed by atoms with Crippen molar-refractivity contribution in [3.63, 3.8) is 0 Å². The molecule has 1 amide bonds. The van der Waals surface area contributed by atoms with Gasteiger partial charge in [0.1, 0.15) is 0 Å². The standard InChI is InChI=1S/C17H16FN5O3/c1-11-13(25-10-20-11)15(24)23-7-3-5-17(18,9-23)16-21-14(22-26-16)12-4-2-6-19-8-12/h2,4,6,8,10H,3,5,7,9H2,1H3. The average molecular weight is 357 g/mol. The summed E-state index contributed by atoms with van der Waals surface area (Å²) >= 11 is 0. The van der Waals surface area contributed by atoms with Crippen LogP contribution in [0.1, 0.15) is 35.0 Å². The molecule has 8 nitrogen and oxygen atoms in total. The van der Waals surface area contributed by atoms with Crippen LogP contribution in [-0.4, -0.2) is 44.0 Å². The van der Waals surface area contributed by atoms with E-state index in [0.717, 1.165) is 0 Å². The van der Waals surface area contributed by atoms with Crippen molar-refractivity contribution in [2.75, 3.05) is 13.1 Å². The normalized spacial score (nSPS) is 20.3. The van der Waals surface area contributed by atoms with Crippen molar-refractivity contribution < 1.29 is 18.1 Å². The largest absolute Gasteiger partial charge is 0.438 e. The molecule has 1 fully saturated rings. The Hall–Kier alpha value is -3.10. The SMILES string of the molecule is Cc1ncoc1C(=O)N1CCCC(F)(c2nc(-c3cccnc3)no2)C1. The summed E-state index contributed by atoms with van der Waals surface area (Å²) in [6, 6.07) is 3.49. The smallest absolute Gasteiger partial charge is 0.291 e. The third-order valence-corrected chi connectivity index (χ3v) is 4.40. The molecule has 1 saturated heterocycles. The van der Waals surface area contributed by atoms with Crippen LogP contribution in [0.3, 0.4) is 0 Å². The molecule has 0 spiro atoms. The highest BCUT2D eigenvalue weighted by Crippen LogP contribution is 2.36. The van der Waals surface area contributed by atoms with Gasteiger partial charge in [0.15, 0.2) is 6.39 Å². The number of carbonyl (C=O) groups is 1. The summed E-state index contributed by atoms with van der Waals surface area (Å²) in [7, 11) is 0. The van der Waals surface area contributed by atoms with Crippen molar-refractivity contribution >= 4 is 5.91 Å². The first-order valence-corrected chi connectivity index (χ1v) is 8.20. The Morgan fingerprint density at radius 1 is 1.42 bits per heavy atom. The molecule has 0 aromatic carbocycles. The second kappa shape index (κ2) is 6.32. The number of halogens is 1. The van der Waals surface area contributed by atoms with E-state index in [0.29, 0.717) is 24.2 Å². The molecule has 0 radical (unpaired) electrons. The maximum absolute atomic E-state index is 15.5. The van der Waals surface area contributed by atoms with Gasteiger partial charge in [0.05, 0.1) is 12.2 Å². The van der Waals surface area contributed by atoms with Crippen molar-refractivity contribution in [1.29, 1.82) is 0 Å². The summed E-state index contributed by atoms with van der Waals surface area (Å²) in [6.07, 6.45) is 5.06. The fourth-order valence-corrected chi connectivity index (χ4v) is 3.03. The van der Waals surface area contributed by atoms with Crippen LogP contribution in [0, 0.1) is 6.92 Å². The average Bonchev–Trinajstić information content (AvgIpc) is 3.31. The molecule has 134 valence electrons. The van der Waals surface area contributed by atoms with Crippen molar-refractivity contribution in [3.05, 3.63) is 48.3 Å². The lowest BCUT2D eigenvalue weighted by molar-refractivity contribution is 0.0136. The van der Waals surface area contributed by atoms with Gasteiger partial charge in [0.25, 0.3) is 11.8 Å². The molecule has 0 N–H and O–H groups in total. The number of nitrogens with zero attached hydrogens (tertiary/aromatic N) is 5. The lowest BCUT2D eigenvalue weighted by Gasteiger charge is -2.34. The number of carbonyl (C=O) groups excluding carboxylic acids is 1. The maximum Gasteiger partial charge on any atom is 0.291 e. The van der Waals surface area contributed by atoms with E-state index < -0.39 is 11.6 Å². The van der Waals surface area contributed by atoms with Crippen molar-refractivity contribution in [1.82, 2.24) is 25.0 Å². The van der Waals surface area contributed by atoms with Gasteiger partial charge in [-0.05, 0) is 31.9 Å². The summed E-state index contributed by atoms with van der Waals surface area (Å²) in [5, 5.41) is 3.84. The summed E-state index contributed by atoms with van der Waals surface area (Å²) in [4.78, 5) is 26.1. The van der Waals surface area contributed by atoms with Crippen LogP contribution in [-0.2, 0) is 5.67 Å². The van der Waals surface area contributed by atoms with Crippen LogP contribution in [0.15, 0.2) is 39.9 Å². The van der Waals surface area contributed by atoms with E-state index in [4.69, 9.17) is 8.94 Å². The fraction of sp³-hybridized carbons (Fsp3) is 0.353. The van der Waals surface area contributed by atoms with Crippen LogP contribution in [0.4, 0.5) is 4.39 Å². The zero-order chi connectivity index (χ0) is 18.1. The van der Waals surface area contributed by atoms with Crippen LogP contribution < -0.4 is 0 Å². The molecule has 1 atom stereocenters. The Labute approximate surface area is 148 Å². The highest BCUT2D eigenvalue weighted by molar-refractivity contribution is 5.92. The first-order chi connectivity index (χ1) is 12.6. The summed E-state index contributed by atoms with van der Waals surface area (Å²) in [6.45, 7) is 1.91. The Morgan fingerprint density at radius 2 is 2.31 bits per heavy atom. The molecule has 1 unspecified atom stereocenters. The van der Waals surface area contributed by atoms with Gasteiger partial charge in [-0.1, -0.05) is 5.16 Å². The number of hydrogen-bond acceptors (Lipinski definition) is 7. The van der Waals surface area contributed by atoms with Gasteiger partial charge >= 0.3 is 0 Å². The van der Waals surface area contributed by atoms with Crippen LogP contribution in [0.25, 0.3) is 11.4 Å². The number of aryl methyl sites for hydroxylation is 1. The van der Waals surface area contributed by atoms with Crippen molar-refractivity contribution in [2.45, 2.75) is 25.4 Å². The number of oxazole rings is 1. The molecule has 0 aliphatic carbocycles. The number of rotatable bonds is 3.